The number of hydrogen-bond acceptors (Lipinski definition) is 5. The minimum Gasteiger partial charge on any atom is -0.466 e. The number of nitrogens with one attached hydrogen (secondary N) is 1. The minimum atomic E-state index is -1.30. The molecule has 1 aliphatic carbocycles. The van der Waals surface area contributed by atoms with Crippen molar-refractivity contribution in [3.63, 3.8) is 0 Å². The van der Waals surface area contributed by atoms with Crippen molar-refractivity contribution in [3.8, 4) is 0 Å². The van der Waals surface area contributed by atoms with Gasteiger partial charge in [-0.15, -0.1) is 0 Å². The van der Waals surface area contributed by atoms with E-state index in [1.807, 2.05) is 0 Å². The smallest absolute Gasteiger partial charge is 0.326 e. The summed E-state index contributed by atoms with van der Waals surface area (Å²) in [5.41, 5.74) is -1.30. The highest BCUT2D eigenvalue weighted by Crippen LogP contribution is 2.35. The summed E-state index contributed by atoms with van der Waals surface area (Å²) in [5, 5.41) is 2.61. The van der Waals surface area contributed by atoms with Gasteiger partial charge in [-0.3, -0.25) is 14.5 Å². The Morgan fingerprint density at radius 3 is 2.78 bits per heavy atom. The summed E-state index contributed by atoms with van der Waals surface area (Å²) in [6.07, 6.45) is 4.24. The lowest BCUT2D eigenvalue weighted by Gasteiger charge is -2.36. The second-order valence-corrected chi connectivity index (χ2v) is 8.28. The van der Waals surface area contributed by atoms with E-state index in [-0.39, 0.29) is 6.10 Å². The zero-order valence-electron chi connectivity index (χ0n) is 16.4. The number of rotatable bonds is 5. The largest absolute Gasteiger partial charge is 0.466 e. The van der Waals surface area contributed by atoms with Crippen LogP contribution in [0.5, 0.6) is 0 Å². The number of amides is 3. The van der Waals surface area contributed by atoms with Gasteiger partial charge in [0.15, 0.2) is 5.54 Å². The van der Waals surface area contributed by atoms with E-state index < -0.39 is 30.0 Å². The maximum Gasteiger partial charge on any atom is 0.326 e. The van der Waals surface area contributed by atoms with Gasteiger partial charge in [-0.1, -0.05) is 27.2 Å². The molecule has 3 amide bonds. The fourth-order valence-electron chi connectivity index (χ4n) is 4.16. The first kappa shape index (κ1) is 19.5. The molecule has 148 valence electrons. The third-order valence-corrected chi connectivity index (χ3v) is 5.82. The Hall–Kier alpha value is -2.31. The second kappa shape index (κ2) is 7.37. The van der Waals surface area contributed by atoms with Crippen LogP contribution in [0.1, 0.15) is 52.7 Å². The number of carbonyl (C=O) groups is 3. The van der Waals surface area contributed by atoms with Crippen LogP contribution in [0, 0.1) is 17.8 Å². The molecule has 0 radical (unpaired) electrons. The van der Waals surface area contributed by atoms with E-state index in [1.54, 1.807) is 19.1 Å². The topological polar surface area (TPSA) is 88.8 Å². The lowest BCUT2D eigenvalue weighted by atomic mass is 9.75. The van der Waals surface area contributed by atoms with E-state index in [0.717, 1.165) is 24.2 Å². The first-order valence-electron chi connectivity index (χ1n) is 9.60. The van der Waals surface area contributed by atoms with Gasteiger partial charge < -0.3 is 14.5 Å². The molecule has 0 unspecified atom stereocenters. The predicted molar refractivity (Wildman–Crippen MR) is 97.5 cm³/mol. The van der Waals surface area contributed by atoms with Crippen molar-refractivity contribution in [2.24, 2.45) is 17.8 Å². The number of ether oxygens (including phenoxy) is 1. The van der Waals surface area contributed by atoms with Crippen molar-refractivity contribution in [1.82, 2.24) is 10.2 Å². The third kappa shape index (κ3) is 3.73. The standard InChI is InChI=1S/C20H28N2O5/c1-12(2)14-8-7-13(3)10-15(14)27-17(23)11-22-18(24)20(4,21-19(22)25)16-6-5-9-26-16/h5-6,9,12-15H,7-8,10-11H2,1-4H3,(H,21,25)/t13-,14-,15-,20-/m1/s1. The summed E-state index contributed by atoms with van der Waals surface area (Å²) in [6, 6.07) is 2.65. The zero-order valence-corrected chi connectivity index (χ0v) is 16.4. The number of imide groups is 1. The maximum atomic E-state index is 12.8. The normalized spacial score (nSPS) is 31.3. The quantitative estimate of drug-likeness (QED) is 0.630. The molecule has 1 N–H and O–H groups in total. The molecular weight excluding hydrogens is 348 g/mol. The Labute approximate surface area is 159 Å². The molecule has 2 aliphatic rings. The van der Waals surface area contributed by atoms with Crippen molar-refractivity contribution < 1.29 is 23.5 Å². The van der Waals surface area contributed by atoms with Crippen LogP contribution in [-0.2, 0) is 19.9 Å². The number of hydrogen-bond donors (Lipinski definition) is 1. The summed E-state index contributed by atoms with van der Waals surface area (Å²) in [5.74, 6) is 0.481. The average Bonchev–Trinajstić information content (AvgIpc) is 3.19. The van der Waals surface area contributed by atoms with E-state index >= 15 is 0 Å². The van der Waals surface area contributed by atoms with Crippen molar-refractivity contribution in [3.05, 3.63) is 24.2 Å². The molecular formula is C20H28N2O5. The van der Waals surface area contributed by atoms with Crippen LogP contribution in [0.3, 0.4) is 0 Å². The monoisotopic (exact) mass is 376 g/mol. The predicted octanol–water partition coefficient (Wildman–Crippen LogP) is 3.05. The Kier molecular flexibility index (Phi) is 5.31. The van der Waals surface area contributed by atoms with Crippen LogP contribution in [0.25, 0.3) is 0 Å². The van der Waals surface area contributed by atoms with Crippen molar-refractivity contribution in [2.45, 2.75) is 58.6 Å². The summed E-state index contributed by atoms with van der Waals surface area (Å²) >= 11 is 0. The highest BCUT2D eigenvalue weighted by Gasteiger charge is 2.51. The Balaban J connectivity index is 1.67. The van der Waals surface area contributed by atoms with Crippen LogP contribution >= 0.6 is 0 Å². The molecule has 27 heavy (non-hydrogen) atoms. The van der Waals surface area contributed by atoms with Gasteiger partial charge in [0.05, 0.1) is 6.26 Å². The summed E-state index contributed by atoms with van der Waals surface area (Å²) < 4.78 is 11.0. The Morgan fingerprint density at radius 2 is 2.15 bits per heavy atom. The number of furan rings is 1. The van der Waals surface area contributed by atoms with Gasteiger partial charge in [0.1, 0.15) is 18.4 Å². The van der Waals surface area contributed by atoms with Crippen molar-refractivity contribution in [2.75, 3.05) is 6.54 Å². The third-order valence-electron chi connectivity index (χ3n) is 5.82. The van der Waals surface area contributed by atoms with Gasteiger partial charge in [-0.2, -0.15) is 0 Å². The fourth-order valence-corrected chi connectivity index (χ4v) is 4.16. The molecule has 0 aromatic carbocycles. The molecule has 1 aliphatic heterocycles. The molecule has 0 bridgehead atoms. The highest BCUT2D eigenvalue weighted by molar-refractivity contribution is 6.08. The Bertz CT molecular complexity index is 714. The number of esters is 1. The maximum absolute atomic E-state index is 12.8. The summed E-state index contributed by atoms with van der Waals surface area (Å²) in [7, 11) is 0. The lowest BCUT2D eigenvalue weighted by Crippen LogP contribution is -2.42. The molecule has 0 spiro atoms. The van der Waals surface area contributed by atoms with Gasteiger partial charge >= 0.3 is 12.0 Å². The van der Waals surface area contributed by atoms with E-state index in [4.69, 9.17) is 9.15 Å². The fraction of sp³-hybridized carbons (Fsp3) is 0.650. The molecule has 1 saturated carbocycles. The van der Waals surface area contributed by atoms with Gasteiger partial charge in [0.2, 0.25) is 0 Å². The van der Waals surface area contributed by atoms with Crippen LogP contribution in [0.2, 0.25) is 0 Å². The first-order valence-corrected chi connectivity index (χ1v) is 9.60. The van der Waals surface area contributed by atoms with Gasteiger partial charge in [-0.25, -0.2) is 4.79 Å². The Morgan fingerprint density at radius 1 is 1.41 bits per heavy atom. The van der Waals surface area contributed by atoms with E-state index in [9.17, 15) is 14.4 Å². The lowest BCUT2D eigenvalue weighted by molar-refractivity contribution is -0.158. The molecule has 1 saturated heterocycles. The van der Waals surface area contributed by atoms with E-state index in [2.05, 4.69) is 26.1 Å². The average molecular weight is 376 g/mol. The van der Waals surface area contributed by atoms with Crippen molar-refractivity contribution in [1.29, 1.82) is 0 Å². The minimum absolute atomic E-state index is 0.168. The van der Waals surface area contributed by atoms with E-state index in [1.165, 1.54) is 6.26 Å². The van der Waals surface area contributed by atoms with Crippen LogP contribution in [0.15, 0.2) is 22.8 Å². The number of carbonyl (C=O) groups excluding carboxylic acids is 3. The molecule has 2 fully saturated rings. The molecule has 3 rings (SSSR count). The number of nitrogens with zero attached hydrogens (tertiary/aromatic N) is 1. The van der Waals surface area contributed by atoms with Gasteiger partial charge in [0, 0.05) is 0 Å². The number of urea groups is 1. The molecule has 1 aromatic heterocycles. The summed E-state index contributed by atoms with van der Waals surface area (Å²) in [6.45, 7) is 7.59. The summed E-state index contributed by atoms with van der Waals surface area (Å²) in [4.78, 5) is 38.5. The first-order chi connectivity index (χ1) is 12.7. The second-order valence-electron chi connectivity index (χ2n) is 8.28. The van der Waals surface area contributed by atoms with Crippen LogP contribution < -0.4 is 5.32 Å². The zero-order chi connectivity index (χ0) is 19.8. The van der Waals surface area contributed by atoms with Gasteiger partial charge in [-0.05, 0) is 49.7 Å². The molecule has 1 aromatic rings. The highest BCUT2D eigenvalue weighted by atomic mass is 16.5. The van der Waals surface area contributed by atoms with E-state index in [0.29, 0.717) is 23.5 Å². The van der Waals surface area contributed by atoms with Crippen molar-refractivity contribution >= 4 is 17.9 Å². The van der Waals surface area contributed by atoms with Crippen LogP contribution in [0.4, 0.5) is 4.79 Å². The molecule has 7 heteroatoms. The molecule has 4 atom stereocenters. The molecule has 7 nitrogen and oxygen atoms in total. The molecule has 2 heterocycles. The van der Waals surface area contributed by atoms with Crippen LogP contribution in [-0.4, -0.2) is 35.5 Å². The van der Waals surface area contributed by atoms with Gasteiger partial charge in [0.25, 0.3) is 5.91 Å². The SMILES string of the molecule is CC(C)[C@H]1CC[C@@H](C)C[C@H]1OC(=O)CN1C(=O)N[C@](C)(c2ccco2)C1=O.